The highest BCUT2D eigenvalue weighted by Crippen LogP contribution is 1.91. The number of rotatable bonds is 3. The first-order valence-corrected chi connectivity index (χ1v) is 3.75. The van der Waals surface area contributed by atoms with Crippen LogP contribution in [0.4, 0.5) is 0 Å². The number of hydrogen-bond acceptors (Lipinski definition) is 3. The summed E-state index contributed by atoms with van der Waals surface area (Å²) in [5.41, 5.74) is 0. The average Bonchev–Trinajstić information content (AvgIpc) is 2.28. The zero-order valence-corrected chi connectivity index (χ0v) is 7.44. The number of H-pyrrole nitrogens is 1. The fourth-order valence-corrected chi connectivity index (χ4v) is 0.923. The van der Waals surface area contributed by atoms with Gasteiger partial charge in [-0.2, -0.15) is 0 Å². The number of methoxy groups -OCH3 is 1. The third-order valence-corrected chi connectivity index (χ3v) is 1.72. The Kier molecular flexibility index (Phi) is 2.78. The minimum Gasteiger partial charge on any atom is -0.384 e. The van der Waals surface area contributed by atoms with Crippen LogP contribution in [0.1, 0.15) is 5.82 Å². The van der Waals surface area contributed by atoms with E-state index in [4.69, 9.17) is 17.0 Å². The standard InChI is InChI=1S/C6H11N3OS/c1-9-6(11)7-5(8-9)3-4-10-2/h3-4H2,1-2H3,(H,7,8,11). The Morgan fingerprint density at radius 1 is 1.73 bits per heavy atom. The molecular weight excluding hydrogens is 162 g/mol. The molecular formula is C6H11N3OS. The molecule has 5 heteroatoms. The summed E-state index contributed by atoms with van der Waals surface area (Å²) < 4.78 is 7.18. The summed E-state index contributed by atoms with van der Waals surface area (Å²) in [5, 5.41) is 3.00. The normalized spacial score (nSPS) is 10.4. The average molecular weight is 173 g/mol. The zero-order valence-electron chi connectivity index (χ0n) is 6.63. The Morgan fingerprint density at radius 3 is 2.91 bits per heavy atom. The predicted molar refractivity (Wildman–Crippen MR) is 44.0 cm³/mol. The lowest BCUT2D eigenvalue weighted by atomic mass is 10.4. The van der Waals surface area contributed by atoms with Gasteiger partial charge in [0, 0.05) is 20.6 Å². The van der Waals surface area contributed by atoms with Crippen molar-refractivity contribution in [1.82, 2.24) is 14.8 Å². The molecule has 1 rings (SSSR count). The molecule has 0 saturated carbocycles. The van der Waals surface area contributed by atoms with Gasteiger partial charge in [-0.15, -0.1) is 0 Å². The maximum absolute atomic E-state index is 4.90. The molecule has 0 bridgehead atoms. The summed E-state index contributed by atoms with van der Waals surface area (Å²) in [4.78, 5) is 4.09. The fourth-order valence-electron chi connectivity index (χ4n) is 0.767. The van der Waals surface area contributed by atoms with Crippen molar-refractivity contribution < 1.29 is 4.74 Å². The Balaban J connectivity index is 2.65. The Labute approximate surface area is 70.2 Å². The van der Waals surface area contributed by atoms with E-state index >= 15 is 0 Å². The van der Waals surface area contributed by atoms with Gasteiger partial charge >= 0.3 is 0 Å². The number of hydrogen-bond donors (Lipinski definition) is 1. The van der Waals surface area contributed by atoms with E-state index in [0.717, 1.165) is 12.2 Å². The molecule has 1 N–H and O–H groups in total. The molecule has 1 aromatic rings. The first-order valence-electron chi connectivity index (χ1n) is 3.35. The number of nitrogens with one attached hydrogen (secondary N) is 1. The molecule has 0 saturated heterocycles. The molecule has 0 aliphatic heterocycles. The largest absolute Gasteiger partial charge is 0.384 e. The van der Waals surface area contributed by atoms with E-state index in [1.54, 1.807) is 11.8 Å². The maximum Gasteiger partial charge on any atom is 0.215 e. The van der Waals surface area contributed by atoms with Crippen molar-refractivity contribution in [2.45, 2.75) is 6.42 Å². The molecule has 0 amide bonds. The topological polar surface area (TPSA) is 42.8 Å². The highest BCUT2D eigenvalue weighted by atomic mass is 32.1. The summed E-state index contributed by atoms with van der Waals surface area (Å²) in [6.45, 7) is 0.669. The van der Waals surface area contributed by atoms with Gasteiger partial charge in [-0.05, 0) is 12.2 Å². The van der Waals surface area contributed by atoms with Gasteiger partial charge in [-0.3, -0.25) is 9.78 Å². The van der Waals surface area contributed by atoms with Crippen LogP contribution in [0.3, 0.4) is 0 Å². The van der Waals surface area contributed by atoms with Crippen molar-refractivity contribution in [3.63, 3.8) is 0 Å². The van der Waals surface area contributed by atoms with Crippen molar-refractivity contribution >= 4 is 12.2 Å². The molecule has 0 spiro atoms. The second-order valence-corrected chi connectivity index (χ2v) is 2.62. The molecule has 4 nitrogen and oxygen atoms in total. The van der Waals surface area contributed by atoms with E-state index in [9.17, 15) is 0 Å². The van der Waals surface area contributed by atoms with E-state index in [1.165, 1.54) is 0 Å². The number of ether oxygens (including phenoxy) is 1. The number of aryl methyl sites for hydroxylation is 1. The van der Waals surface area contributed by atoms with E-state index in [2.05, 4.69) is 10.1 Å². The highest BCUT2D eigenvalue weighted by molar-refractivity contribution is 7.71. The Bertz CT molecular complexity index is 278. The quantitative estimate of drug-likeness (QED) is 0.683. The molecule has 0 fully saturated rings. The first kappa shape index (κ1) is 8.42. The van der Waals surface area contributed by atoms with Crippen LogP contribution < -0.4 is 0 Å². The first-order chi connectivity index (χ1) is 5.24. The van der Waals surface area contributed by atoms with Gasteiger partial charge in [0.1, 0.15) is 5.82 Å². The van der Waals surface area contributed by atoms with Crippen LogP contribution in [-0.4, -0.2) is 28.5 Å². The molecule has 0 aliphatic rings. The fraction of sp³-hybridized carbons (Fsp3) is 0.667. The Morgan fingerprint density at radius 2 is 2.45 bits per heavy atom. The van der Waals surface area contributed by atoms with Gasteiger partial charge in [0.25, 0.3) is 0 Å². The second-order valence-electron chi connectivity index (χ2n) is 2.25. The number of aromatic amines is 1. The lowest BCUT2D eigenvalue weighted by Gasteiger charge is -1.93. The molecule has 0 aromatic carbocycles. The molecule has 0 aliphatic carbocycles. The maximum atomic E-state index is 4.90. The van der Waals surface area contributed by atoms with E-state index in [1.807, 2.05) is 7.05 Å². The van der Waals surface area contributed by atoms with Crippen molar-refractivity contribution in [1.29, 1.82) is 0 Å². The molecule has 1 aromatic heterocycles. The molecule has 1 heterocycles. The van der Waals surface area contributed by atoms with Crippen LogP contribution in [0.15, 0.2) is 0 Å². The van der Waals surface area contributed by atoms with E-state index < -0.39 is 0 Å². The van der Waals surface area contributed by atoms with Gasteiger partial charge in [-0.25, -0.2) is 4.98 Å². The number of nitrogens with zero attached hydrogens (tertiary/aromatic N) is 2. The van der Waals surface area contributed by atoms with E-state index in [0.29, 0.717) is 11.4 Å². The third-order valence-electron chi connectivity index (χ3n) is 1.36. The molecule has 62 valence electrons. The Hall–Kier alpha value is -0.680. The van der Waals surface area contributed by atoms with Gasteiger partial charge in [-0.1, -0.05) is 0 Å². The summed E-state index contributed by atoms with van der Waals surface area (Å²) >= 11 is 4.90. The second kappa shape index (κ2) is 3.64. The summed E-state index contributed by atoms with van der Waals surface area (Å²) in [6, 6.07) is 0. The SMILES string of the molecule is COCCc1nc(=S)n(C)[nH]1. The summed E-state index contributed by atoms with van der Waals surface area (Å²) in [6.07, 6.45) is 0.779. The van der Waals surface area contributed by atoms with Crippen molar-refractivity contribution in [2.75, 3.05) is 13.7 Å². The lowest BCUT2D eigenvalue weighted by Crippen LogP contribution is -1.97. The molecule has 0 radical (unpaired) electrons. The van der Waals surface area contributed by atoms with Crippen molar-refractivity contribution in [2.24, 2.45) is 7.05 Å². The van der Waals surface area contributed by atoms with Gasteiger partial charge < -0.3 is 4.74 Å². The smallest absolute Gasteiger partial charge is 0.215 e. The minimum atomic E-state index is 0.580. The highest BCUT2D eigenvalue weighted by Gasteiger charge is 1.96. The van der Waals surface area contributed by atoms with Gasteiger partial charge in [0.15, 0.2) is 0 Å². The van der Waals surface area contributed by atoms with Crippen LogP contribution in [0, 0.1) is 4.77 Å². The van der Waals surface area contributed by atoms with Crippen LogP contribution in [0.5, 0.6) is 0 Å². The van der Waals surface area contributed by atoms with Crippen LogP contribution in [0.25, 0.3) is 0 Å². The van der Waals surface area contributed by atoms with Gasteiger partial charge in [0.05, 0.1) is 6.61 Å². The van der Waals surface area contributed by atoms with Gasteiger partial charge in [0.2, 0.25) is 4.77 Å². The van der Waals surface area contributed by atoms with Crippen LogP contribution in [0.2, 0.25) is 0 Å². The predicted octanol–water partition coefficient (Wildman–Crippen LogP) is 0.667. The van der Waals surface area contributed by atoms with Crippen LogP contribution >= 0.6 is 12.2 Å². The van der Waals surface area contributed by atoms with Crippen molar-refractivity contribution in [3.8, 4) is 0 Å². The molecule has 0 atom stereocenters. The minimum absolute atomic E-state index is 0.580. The number of aromatic nitrogens is 3. The lowest BCUT2D eigenvalue weighted by molar-refractivity contribution is 0.200. The van der Waals surface area contributed by atoms with Crippen molar-refractivity contribution in [3.05, 3.63) is 10.6 Å². The summed E-state index contributed by atoms with van der Waals surface area (Å²) in [5.74, 6) is 0.874. The molecule has 11 heavy (non-hydrogen) atoms. The summed E-state index contributed by atoms with van der Waals surface area (Å²) in [7, 11) is 3.50. The molecule has 0 unspecified atom stereocenters. The van der Waals surface area contributed by atoms with Crippen LogP contribution in [-0.2, 0) is 18.2 Å². The third kappa shape index (κ3) is 2.13. The monoisotopic (exact) mass is 173 g/mol. The van der Waals surface area contributed by atoms with E-state index in [-0.39, 0.29) is 0 Å². The zero-order chi connectivity index (χ0) is 8.27.